The van der Waals surface area contributed by atoms with Gasteiger partial charge in [-0.05, 0) is 18.6 Å². The fraction of sp³-hybridized carbons (Fsp3) is 0.556. The van der Waals surface area contributed by atoms with Crippen LogP contribution in [0.1, 0.15) is 19.8 Å². The van der Waals surface area contributed by atoms with Crippen LogP contribution < -0.4 is 9.47 Å². The minimum Gasteiger partial charge on any atom is -0.462 e. The molecule has 0 spiro atoms. The van der Waals surface area contributed by atoms with Gasteiger partial charge in [-0.1, -0.05) is 13.3 Å². The molecule has 3 aliphatic heterocycles. The Bertz CT molecular complexity index is 700. The Morgan fingerprint density at radius 2 is 1.82 bits per heavy atom. The van der Waals surface area contributed by atoms with Crippen molar-refractivity contribution in [1.82, 2.24) is 0 Å². The maximum atomic E-state index is 14.7. The first-order chi connectivity index (χ1) is 13.2. The van der Waals surface area contributed by atoms with E-state index >= 15 is 0 Å². The molecule has 3 saturated heterocycles. The number of alkyl halides is 4. The third kappa shape index (κ3) is 4.08. The zero-order valence-electron chi connectivity index (χ0n) is 14.9. The lowest BCUT2D eigenvalue weighted by Crippen LogP contribution is -2.68. The summed E-state index contributed by atoms with van der Waals surface area (Å²) in [6.45, 7) is 2.03. The van der Waals surface area contributed by atoms with Crippen LogP contribution in [0.5, 0.6) is 11.5 Å². The Morgan fingerprint density at radius 3 is 2.36 bits per heavy atom. The van der Waals surface area contributed by atoms with Gasteiger partial charge in [-0.25, -0.2) is 13.2 Å². The van der Waals surface area contributed by atoms with E-state index < -0.39 is 41.2 Å². The zero-order valence-corrected chi connectivity index (χ0v) is 14.9. The van der Waals surface area contributed by atoms with Gasteiger partial charge in [0.05, 0.1) is 26.1 Å². The molecule has 28 heavy (non-hydrogen) atoms. The standard InChI is InChI=1S/C18H19F5O5/c1-2-6-16-9-25-18(26-10-16,27-11-16)17(22,23)28-12-3-4-14(13(19)8-12)24-7-5-15(20)21/h3-5,7-8,15H,2,6,9-11H2,1H3/b7-5+. The van der Waals surface area contributed by atoms with E-state index in [2.05, 4.69) is 9.47 Å². The molecule has 156 valence electrons. The maximum absolute atomic E-state index is 14.7. The van der Waals surface area contributed by atoms with Gasteiger partial charge in [0.25, 0.3) is 6.43 Å². The van der Waals surface area contributed by atoms with Crippen molar-refractivity contribution in [3.05, 3.63) is 36.4 Å². The Labute approximate surface area is 158 Å². The summed E-state index contributed by atoms with van der Waals surface area (Å²) in [4.78, 5) is 0. The Hall–Kier alpha value is -1.91. The molecule has 4 rings (SSSR count). The van der Waals surface area contributed by atoms with Crippen molar-refractivity contribution in [2.75, 3.05) is 19.8 Å². The number of ether oxygens (including phenoxy) is 5. The van der Waals surface area contributed by atoms with Gasteiger partial charge in [-0.3, -0.25) is 0 Å². The van der Waals surface area contributed by atoms with Crippen LogP contribution in [0.2, 0.25) is 0 Å². The van der Waals surface area contributed by atoms with E-state index in [1.807, 2.05) is 6.92 Å². The van der Waals surface area contributed by atoms with Crippen LogP contribution in [0.3, 0.4) is 0 Å². The second-order valence-electron chi connectivity index (χ2n) is 6.66. The average molecular weight is 410 g/mol. The molecule has 3 heterocycles. The molecule has 5 nitrogen and oxygen atoms in total. The summed E-state index contributed by atoms with van der Waals surface area (Å²) in [6.07, 6.45) is -4.34. The van der Waals surface area contributed by atoms with E-state index in [4.69, 9.17) is 14.2 Å². The number of fused-ring (bicyclic) bond motifs is 3. The summed E-state index contributed by atoms with van der Waals surface area (Å²) in [6, 6.07) is 2.58. The number of hydrogen-bond acceptors (Lipinski definition) is 5. The van der Waals surface area contributed by atoms with Gasteiger partial charge in [-0.15, -0.1) is 0 Å². The van der Waals surface area contributed by atoms with Gasteiger partial charge >= 0.3 is 12.1 Å². The largest absolute Gasteiger partial charge is 0.484 e. The highest BCUT2D eigenvalue weighted by atomic mass is 19.3. The molecule has 0 amide bonds. The van der Waals surface area contributed by atoms with Crippen LogP contribution >= 0.6 is 0 Å². The molecule has 3 fully saturated rings. The van der Waals surface area contributed by atoms with Crippen LogP contribution in [0.15, 0.2) is 30.5 Å². The zero-order chi connectivity index (χ0) is 20.4. The average Bonchev–Trinajstić information content (AvgIpc) is 2.64. The van der Waals surface area contributed by atoms with Crippen LogP contribution in [0.25, 0.3) is 0 Å². The molecule has 0 saturated carbocycles. The van der Waals surface area contributed by atoms with E-state index in [0.29, 0.717) is 24.8 Å². The molecule has 0 aliphatic carbocycles. The highest BCUT2D eigenvalue weighted by Crippen LogP contribution is 2.48. The summed E-state index contributed by atoms with van der Waals surface area (Å²) >= 11 is 0. The van der Waals surface area contributed by atoms with Crippen molar-refractivity contribution in [3.63, 3.8) is 0 Å². The molecule has 0 unspecified atom stereocenters. The van der Waals surface area contributed by atoms with Gasteiger partial charge in [0.1, 0.15) is 5.75 Å². The first-order valence-corrected chi connectivity index (χ1v) is 8.61. The summed E-state index contributed by atoms with van der Waals surface area (Å²) in [5.41, 5.74) is -0.469. The Kier molecular flexibility index (Phi) is 5.83. The number of hydrogen-bond donors (Lipinski definition) is 0. The highest BCUT2D eigenvalue weighted by Gasteiger charge is 2.68. The number of halogens is 5. The molecule has 1 aromatic carbocycles. The monoisotopic (exact) mass is 410 g/mol. The van der Waals surface area contributed by atoms with Crippen molar-refractivity contribution >= 4 is 0 Å². The minimum absolute atomic E-state index is 0.0252. The molecule has 3 aliphatic rings. The van der Waals surface area contributed by atoms with E-state index in [0.717, 1.165) is 18.6 Å². The van der Waals surface area contributed by atoms with Crippen molar-refractivity contribution in [2.24, 2.45) is 5.41 Å². The molecule has 1 aromatic rings. The third-order valence-corrected chi connectivity index (χ3v) is 4.41. The summed E-state index contributed by atoms with van der Waals surface area (Å²) < 4.78 is 92.1. The molecule has 0 N–H and O–H groups in total. The number of benzene rings is 1. The molecule has 2 bridgehead atoms. The van der Waals surface area contributed by atoms with E-state index in [1.54, 1.807) is 0 Å². The normalized spacial score (nSPS) is 27.5. The molecule has 10 heteroatoms. The first-order valence-electron chi connectivity index (χ1n) is 8.61. The lowest BCUT2D eigenvalue weighted by atomic mass is 9.84. The van der Waals surface area contributed by atoms with Crippen LogP contribution in [0, 0.1) is 11.2 Å². The van der Waals surface area contributed by atoms with Crippen LogP contribution in [0.4, 0.5) is 22.0 Å². The third-order valence-electron chi connectivity index (χ3n) is 4.41. The van der Waals surface area contributed by atoms with Gasteiger partial charge in [0.2, 0.25) is 0 Å². The summed E-state index contributed by atoms with van der Waals surface area (Å²) in [7, 11) is 0. The minimum atomic E-state index is -4.07. The fourth-order valence-corrected chi connectivity index (χ4v) is 3.02. The molecule has 0 aromatic heterocycles. The topological polar surface area (TPSA) is 46.2 Å². The summed E-state index contributed by atoms with van der Waals surface area (Å²) in [5, 5.41) is 0. The lowest BCUT2D eigenvalue weighted by Gasteiger charge is -2.52. The predicted molar refractivity (Wildman–Crippen MR) is 85.7 cm³/mol. The molecular formula is C18H19F5O5. The smallest absolute Gasteiger partial charge is 0.462 e. The SMILES string of the molecule is CCCC12COC(C(F)(F)Oc3ccc(O/C=C/C(F)F)c(F)c3)(OC1)OC2. The predicted octanol–water partition coefficient (Wildman–Crippen LogP) is 4.47. The van der Waals surface area contributed by atoms with E-state index in [9.17, 15) is 22.0 Å². The molecule has 0 radical (unpaired) electrons. The molecule has 0 atom stereocenters. The first kappa shape index (κ1) is 20.8. The quantitative estimate of drug-likeness (QED) is 0.468. The van der Waals surface area contributed by atoms with Crippen molar-refractivity contribution in [3.8, 4) is 11.5 Å². The number of rotatable bonds is 8. The Balaban J connectivity index is 1.68. The maximum Gasteiger partial charge on any atom is 0.484 e. The van der Waals surface area contributed by atoms with Gasteiger partial charge in [0.15, 0.2) is 11.6 Å². The van der Waals surface area contributed by atoms with E-state index in [1.165, 1.54) is 0 Å². The van der Waals surface area contributed by atoms with Crippen LogP contribution in [-0.4, -0.2) is 38.3 Å². The van der Waals surface area contributed by atoms with Gasteiger partial charge < -0.3 is 23.7 Å². The highest BCUT2D eigenvalue weighted by molar-refractivity contribution is 5.33. The van der Waals surface area contributed by atoms with E-state index in [-0.39, 0.29) is 19.8 Å². The van der Waals surface area contributed by atoms with Crippen molar-refractivity contribution in [1.29, 1.82) is 0 Å². The van der Waals surface area contributed by atoms with Crippen molar-refractivity contribution < 1.29 is 45.6 Å². The second-order valence-corrected chi connectivity index (χ2v) is 6.66. The van der Waals surface area contributed by atoms with Crippen molar-refractivity contribution in [2.45, 2.75) is 38.3 Å². The second kappa shape index (κ2) is 7.84. The molecular weight excluding hydrogens is 391 g/mol. The summed E-state index contributed by atoms with van der Waals surface area (Å²) in [5.74, 6) is -4.78. The van der Waals surface area contributed by atoms with Gasteiger partial charge in [-0.2, -0.15) is 8.78 Å². The lowest BCUT2D eigenvalue weighted by molar-refractivity contribution is -0.548. The van der Waals surface area contributed by atoms with Gasteiger partial charge in [0, 0.05) is 17.6 Å². The number of allylic oxidation sites excluding steroid dienone is 1. The Morgan fingerprint density at radius 1 is 1.18 bits per heavy atom. The fourth-order valence-electron chi connectivity index (χ4n) is 3.02. The van der Waals surface area contributed by atoms with Crippen LogP contribution in [-0.2, 0) is 14.2 Å².